The zero-order valence-electron chi connectivity index (χ0n) is 20.6. The number of hydrogen-bond acceptors (Lipinski definition) is 5. The second kappa shape index (κ2) is 10.2. The molecule has 6 nitrogen and oxygen atoms in total. The van der Waals surface area contributed by atoms with Gasteiger partial charge in [0.1, 0.15) is 0 Å². The average molecular weight is 456 g/mol. The Morgan fingerprint density at radius 2 is 1.76 bits per heavy atom. The van der Waals surface area contributed by atoms with Crippen LogP contribution >= 0.6 is 0 Å². The maximum atomic E-state index is 12.9. The molecule has 0 spiro atoms. The van der Waals surface area contributed by atoms with E-state index in [1.54, 1.807) is 0 Å². The second-order valence-corrected chi connectivity index (χ2v) is 9.42. The molecule has 3 aromatic rings. The Balaban J connectivity index is 1.50. The average Bonchev–Trinajstić information content (AvgIpc) is 2.80. The Morgan fingerprint density at radius 1 is 1.03 bits per heavy atom. The predicted molar refractivity (Wildman–Crippen MR) is 140 cm³/mol. The van der Waals surface area contributed by atoms with Gasteiger partial charge in [-0.05, 0) is 81.2 Å². The van der Waals surface area contributed by atoms with E-state index in [4.69, 9.17) is 9.97 Å². The van der Waals surface area contributed by atoms with E-state index in [2.05, 4.69) is 47.6 Å². The van der Waals surface area contributed by atoms with Gasteiger partial charge in [-0.3, -0.25) is 4.79 Å². The summed E-state index contributed by atoms with van der Waals surface area (Å²) in [4.78, 5) is 24.5. The first-order chi connectivity index (χ1) is 16.3. The lowest BCUT2D eigenvalue weighted by atomic mass is 10.0. The Bertz CT molecular complexity index is 1310. The summed E-state index contributed by atoms with van der Waals surface area (Å²) >= 11 is 0. The summed E-state index contributed by atoms with van der Waals surface area (Å²) in [5, 5.41) is 8.51. The number of fused-ring (bicyclic) bond motifs is 1. The van der Waals surface area contributed by atoms with Crippen molar-refractivity contribution in [1.82, 2.24) is 14.9 Å². The number of anilines is 3. The highest BCUT2D eigenvalue weighted by atomic mass is 16.1. The van der Waals surface area contributed by atoms with Crippen molar-refractivity contribution in [3.05, 3.63) is 75.4 Å². The lowest BCUT2D eigenvalue weighted by Crippen LogP contribution is -2.36. The van der Waals surface area contributed by atoms with Crippen LogP contribution in [-0.4, -0.2) is 34.9 Å². The summed E-state index contributed by atoms with van der Waals surface area (Å²) in [6, 6.07) is 13.6. The van der Waals surface area contributed by atoms with Gasteiger partial charge in [0, 0.05) is 28.7 Å². The fourth-order valence-corrected chi connectivity index (χ4v) is 4.11. The third kappa shape index (κ3) is 5.51. The molecule has 2 N–H and O–H groups in total. The SMILES string of the molecule is Cc1ccc(CN(C)C)cc1NC(=O)c1ccc(Nc2nc(C(C)C)c3c(n2)=CCCC=3)cc1. The zero-order chi connectivity index (χ0) is 24.2. The van der Waals surface area contributed by atoms with Crippen LogP contribution in [0.25, 0.3) is 12.2 Å². The number of carbonyl (C=O) groups is 1. The minimum atomic E-state index is -0.131. The van der Waals surface area contributed by atoms with Gasteiger partial charge in [-0.1, -0.05) is 38.1 Å². The van der Waals surface area contributed by atoms with Crippen LogP contribution in [0.1, 0.15) is 59.8 Å². The summed E-state index contributed by atoms with van der Waals surface area (Å²) in [5.41, 5.74) is 5.53. The standard InChI is InChI=1S/C28H33N5O/c1-18(2)26-23-8-6-7-9-24(23)31-28(32-26)29-22-14-12-21(13-15-22)27(34)30-25-16-20(17-33(4)5)11-10-19(25)3/h8-16,18H,6-7,17H2,1-5H3,(H,29,31)(H,30,34). The van der Waals surface area contributed by atoms with Crippen LogP contribution in [0.4, 0.5) is 17.3 Å². The minimum Gasteiger partial charge on any atom is -0.324 e. The third-order valence-electron chi connectivity index (χ3n) is 5.86. The van der Waals surface area contributed by atoms with Crippen molar-refractivity contribution < 1.29 is 4.79 Å². The maximum Gasteiger partial charge on any atom is 0.255 e. The van der Waals surface area contributed by atoms with E-state index in [0.717, 1.165) is 58.1 Å². The molecule has 1 aliphatic rings. The van der Waals surface area contributed by atoms with Gasteiger partial charge in [0.2, 0.25) is 5.95 Å². The van der Waals surface area contributed by atoms with Crippen molar-refractivity contribution in [2.75, 3.05) is 24.7 Å². The Kier molecular flexibility index (Phi) is 7.08. The van der Waals surface area contributed by atoms with Crippen molar-refractivity contribution in [1.29, 1.82) is 0 Å². The summed E-state index contributed by atoms with van der Waals surface area (Å²) in [6.07, 6.45) is 6.45. The first-order valence-electron chi connectivity index (χ1n) is 11.8. The van der Waals surface area contributed by atoms with E-state index in [0.29, 0.717) is 17.4 Å². The second-order valence-electron chi connectivity index (χ2n) is 9.42. The van der Waals surface area contributed by atoms with Crippen LogP contribution < -0.4 is 21.2 Å². The largest absolute Gasteiger partial charge is 0.324 e. The molecule has 4 rings (SSSR count). The van der Waals surface area contributed by atoms with Crippen LogP contribution in [0.5, 0.6) is 0 Å². The van der Waals surface area contributed by atoms with Gasteiger partial charge in [-0.25, -0.2) is 9.97 Å². The number of carbonyl (C=O) groups excluding carboxylic acids is 1. The molecule has 0 unspecified atom stereocenters. The van der Waals surface area contributed by atoms with Gasteiger partial charge in [0.25, 0.3) is 5.91 Å². The number of nitrogens with zero attached hydrogens (tertiary/aromatic N) is 3. The van der Waals surface area contributed by atoms with E-state index < -0.39 is 0 Å². The molecule has 0 radical (unpaired) electrons. The molecule has 0 atom stereocenters. The molecule has 1 amide bonds. The quantitative estimate of drug-likeness (QED) is 0.555. The Labute approximate surface area is 201 Å². The fraction of sp³-hybridized carbons (Fsp3) is 0.321. The number of benzene rings is 2. The number of hydrogen-bond donors (Lipinski definition) is 2. The molecule has 0 saturated heterocycles. The molecule has 2 aromatic carbocycles. The van der Waals surface area contributed by atoms with Crippen molar-refractivity contribution in [3.8, 4) is 0 Å². The highest BCUT2D eigenvalue weighted by Crippen LogP contribution is 2.20. The highest BCUT2D eigenvalue weighted by Gasteiger charge is 2.12. The predicted octanol–water partition coefficient (Wildman–Crippen LogP) is 4.32. The minimum absolute atomic E-state index is 0.131. The van der Waals surface area contributed by atoms with E-state index in [-0.39, 0.29) is 5.91 Å². The Hall–Kier alpha value is -3.51. The topological polar surface area (TPSA) is 70.2 Å². The fourth-order valence-electron chi connectivity index (χ4n) is 4.11. The molecular weight excluding hydrogens is 422 g/mol. The summed E-state index contributed by atoms with van der Waals surface area (Å²) < 4.78 is 0. The van der Waals surface area contributed by atoms with E-state index in [1.807, 2.05) is 57.4 Å². The molecule has 1 heterocycles. The maximum absolute atomic E-state index is 12.9. The van der Waals surface area contributed by atoms with Crippen molar-refractivity contribution >= 4 is 35.4 Å². The van der Waals surface area contributed by atoms with Crippen LogP contribution in [0.15, 0.2) is 42.5 Å². The number of aromatic nitrogens is 2. The molecule has 0 saturated carbocycles. The molecule has 0 fully saturated rings. The van der Waals surface area contributed by atoms with E-state index >= 15 is 0 Å². The monoisotopic (exact) mass is 455 g/mol. The zero-order valence-corrected chi connectivity index (χ0v) is 20.6. The normalized spacial score (nSPS) is 12.7. The van der Waals surface area contributed by atoms with Gasteiger partial charge >= 0.3 is 0 Å². The number of rotatable bonds is 7. The number of aryl methyl sites for hydroxylation is 1. The van der Waals surface area contributed by atoms with Crippen LogP contribution in [-0.2, 0) is 6.54 Å². The molecule has 1 aliphatic carbocycles. The molecule has 0 bridgehead atoms. The lowest BCUT2D eigenvalue weighted by Gasteiger charge is -2.14. The molecular formula is C28H33N5O. The van der Waals surface area contributed by atoms with E-state index in [1.165, 1.54) is 0 Å². The first kappa shape index (κ1) is 23.6. The molecule has 34 heavy (non-hydrogen) atoms. The van der Waals surface area contributed by atoms with Crippen molar-refractivity contribution in [2.45, 2.75) is 46.1 Å². The van der Waals surface area contributed by atoms with Gasteiger partial charge in [-0.2, -0.15) is 0 Å². The molecule has 0 aliphatic heterocycles. The van der Waals surface area contributed by atoms with Crippen molar-refractivity contribution in [3.63, 3.8) is 0 Å². The molecule has 6 heteroatoms. The summed E-state index contributed by atoms with van der Waals surface area (Å²) in [6.45, 7) is 7.13. The van der Waals surface area contributed by atoms with E-state index in [9.17, 15) is 4.79 Å². The molecule has 176 valence electrons. The number of nitrogens with one attached hydrogen (secondary N) is 2. The van der Waals surface area contributed by atoms with Gasteiger partial charge < -0.3 is 15.5 Å². The summed E-state index contributed by atoms with van der Waals surface area (Å²) in [7, 11) is 4.06. The van der Waals surface area contributed by atoms with Gasteiger partial charge in [-0.15, -0.1) is 0 Å². The highest BCUT2D eigenvalue weighted by molar-refractivity contribution is 6.04. The van der Waals surface area contributed by atoms with Crippen LogP contribution in [0.3, 0.4) is 0 Å². The van der Waals surface area contributed by atoms with Crippen molar-refractivity contribution in [2.24, 2.45) is 0 Å². The van der Waals surface area contributed by atoms with Crippen LogP contribution in [0, 0.1) is 6.92 Å². The first-order valence-corrected chi connectivity index (χ1v) is 11.8. The summed E-state index contributed by atoms with van der Waals surface area (Å²) in [5.74, 6) is 0.763. The Morgan fingerprint density at radius 3 is 2.47 bits per heavy atom. The number of amides is 1. The molecule has 1 aromatic heterocycles. The smallest absolute Gasteiger partial charge is 0.255 e. The third-order valence-corrected chi connectivity index (χ3v) is 5.86. The lowest BCUT2D eigenvalue weighted by molar-refractivity contribution is 0.102. The van der Waals surface area contributed by atoms with Gasteiger partial charge in [0.05, 0.1) is 11.0 Å². The van der Waals surface area contributed by atoms with Crippen LogP contribution in [0.2, 0.25) is 0 Å². The van der Waals surface area contributed by atoms with Gasteiger partial charge in [0.15, 0.2) is 0 Å².